The number of nitrogens with two attached hydrogens (primary N) is 1. The van der Waals surface area contributed by atoms with Gasteiger partial charge in [0.1, 0.15) is 0 Å². The number of anilines is 1. The Morgan fingerprint density at radius 3 is 2.44 bits per heavy atom. The van der Waals surface area contributed by atoms with E-state index < -0.39 is 5.54 Å². The molecule has 2 amide bonds. The molecule has 1 aromatic rings. The van der Waals surface area contributed by atoms with Gasteiger partial charge in [-0.2, -0.15) is 0 Å². The van der Waals surface area contributed by atoms with E-state index in [-0.39, 0.29) is 36.1 Å². The van der Waals surface area contributed by atoms with Crippen LogP contribution in [0.4, 0.5) is 5.69 Å². The Bertz CT molecular complexity index is 585. The summed E-state index contributed by atoms with van der Waals surface area (Å²) in [7, 11) is 0. The van der Waals surface area contributed by atoms with Crippen LogP contribution in [0.1, 0.15) is 52.0 Å². The van der Waals surface area contributed by atoms with E-state index in [1.54, 1.807) is 0 Å². The predicted molar refractivity (Wildman–Crippen MR) is 104 cm³/mol. The third kappa shape index (κ3) is 6.01. The SMILES string of the molecule is CC(C)C(=O)Nc1ccc(CNC(=O)C2CCCCC2(C)N)cc1.Cl. The summed E-state index contributed by atoms with van der Waals surface area (Å²) in [6, 6.07) is 7.54. The van der Waals surface area contributed by atoms with Crippen molar-refractivity contribution >= 4 is 29.9 Å². The molecule has 0 saturated heterocycles. The number of hydrogen-bond acceptors (Lipinski definition) is 3. The monoisotopic (exact) mass is 367 g/mol. The van der Waals surface area contributed by atoms with E-state index in [0.29, 0.717) is 6.54 Å². The molecule has 140 valence electrons. The molecule has 6 heteroatoms. The molecular weight excluding hydrogens is 338 g/mol. The van der Waals surface area contributed by atoms with Crippen molar-refractivity contribution in [2.45, 2.75) is 58.5 Å². The summed E-state index contributed by atoms with van der Waals surface area (Å²) in [4.78, 5) is 24.1. The van der Waals surface area contributed by atoms with E-state index in [2.05, 4.69) is 10.6 Å². The van der Waals surface area contributed by atoms with Crippen LogP contribution in [0.3, 0.4) is 0 Å². The Labute approximate surface area is 156 Å². The van der Waals surface area contributed by atoms with Gasteiger partial charge in [-0.3, -0.25) is 9.59 Å². The Morgan fingerprint density at radius 1 is 1.24 bits per heavy atom. The van der Waals surface area contributed by atoms with Crippen molar-refractivity contribution in [3.63, 3.8) is 0 Å². The third-order valence-corrected chi connectivity index (χ3v) is 4.78. The average Bonchev–Trinajstić information content (AvgIpc) is 2.53. The molecule has 1 aliphatic rings. The van der Waals surface area contributed by atoms with Crippen LogP contribution >= 0.6 is 12.4 Å². The van der Waals surface area contributed by atoms with Crippen LogP contribution in [0.15, 0.2) is 24.3 Å². The second-order valence-corrected chi connectivity index (χ2v) is 7.36. The molecule has 2 rings (SSSR count). The average molecular weight is 368 g/mol. The number of rotatable bonds is 5. The summed E-state index contributed by atoms with van der Waals surface area (Å²) in [6.07, 6.45) is 3.92. The summed E-state index contributed by atoms with van der Waals surface area (Å²) in [5, 5.41) is 5.85. The fourth-order valence-corrected chi connectivity index (χ4v) is 3.09. The fraction of sp³-hybridized carbons (Fsp3) is 0.579. The Balaban J connectivity index is 0.00000312. The lowest BCUT2D eigenvalue weighted by Gasteiger charge is -2.37. The Hall–Kier alpha value is -1.59. The highest BCUT2D eigenvalue weighted by atomic mass is 35.5. The van der Waals surface area contributed by atoms with Gasteiger partial charge in [-0.1, -0.05) is 38.8 Å². The molecule has 1 aromatic carbocycles. The van der Waals surface area contributed by atoms with Crippen LogP contribution in [0, 0.1) is 11.8 Å². The first kappa shape index (κ1) is 21.5. The summed E-state index contributed by atoms with van der Waals surface area (Å²) < 4.78 is 0. The number of hydrogen-bond donors (Lipinski definition) is 3. The van der Waals surface area contributed by atoms with Crippen LogP contribution in [0.25, 0.3) is 0 Å². The van der Waals surface area contributed by atoms with E-state index >= 15 is 0 Å². The molecule has 0 aromatic heterocycles. The third-order valence-electron chi connectivity index (χ3n) is 4.78. The number of carbonyl (C=O) groups excluding carboxylic acids is 2. The van der Waals surface area contributed by atoms with Gasteiger partial charge in [0.25, 0.3) is 0 Å². The summed E-state index contributed by atoms with van der Waals surface area (Å²) in [5.41, 5.74) is 7.64. The molecule has 5 nitrogen and oxygen atoms in total. The van der Waals surface area contributed by atoms with Crippen LogP contribution in [0.5, 0.6) is 0 Å². The van der Waals surface area contributed by atoms with Crippen LogP contribution in [0.2, 0.25) is 0 Å². The minimum atomic E-state index is -0.409. The van der Waals surface area contributed by atoms with E-state index in [1.807, 2.05) is 45.0 Å². The molecular formula is C19H30ClN3O2. The number of halogens is 1. The molecule has 1 saturated carbocycles. The number of carbonyl (C=O) groups is 2. The molecule has 1 fully saturated rings. The summed E-state index contributed by atoms with van der Waals surface area (Å²) >= 11 is 0. The first-order valence-corrected chi connectivity index (χ1v) is 8.76. The zero-order valence-electron chi connectivity index (χ0n) is 15.3. The fourth-order valence-electron chi connectivity index (χ4n) is 3.09. The molecule has 25 heavy (non-hydrogen) atoms. The molecule has 2 unspecified atom stereocenters. The van der Waals surface area contributed by atoms with E-state index in [9.17, 15) is 9.59 Å². The minimum absolute atomic E-state index is 0. The number of nitrogens with one attached hydrogen (secondary N) is 2. The van der Waals surface area contributed by atoms with Gasteiger partial charge in [-0.15, -0.1) is 12.4 Å². The number of benzene rings is 1. The molecule has 0 radical (unpaired) electrons. The van der Waals surface area contributed by atoms with Gasteiger partial charge < -0.3 is 16.4 Å². The van der Waals surface area contributed by atoms with Crippen molar-refractivity contribution in [2.75, 3.05) is 5.32 Å². The van der Waals surface area contributed by atoms with Crippen LogP contribution in [-0.2, 0) is 16.1 Å². The largest absolute Gasteiger partial charge is 0.352 e. The van der Waals surface area contributed by atoms with Crippen molar-refractivity contribution < 1.29 is 9.59 Å². The Kier molecular flexibility index (Phi) is 7.90. The highest BCUT2D eigenvalue weighted by molar-refractivity contribution is 5.92. The maximum Gasteiger partial charge on any atom is 0.226 e. The summed E-state index contributed by atoms with van der Waals surface area (Å²) in [5.74, 6) is -0.131. The molecule has 0 aliphatic heterocycles. The van der Waals surface area contributed by atoms with E-state index in [4.69, 9.17) is 5.73 Å². The van der Waals surface area contributed by atoms with Crippen LogP contribution < -0.4 is 16.4 Å². The number of amides is 2. The van der Waals surface area contributed by atoms with Crippen molar-refractivity contribution in [3.8, 4) is 0 Å². The minimum Gasteiger partial charge on any atom is -0.352 e. The highest BCUT2D eigenvalue weighted by Crippen LogP contribution is 2.31. The zero-order valence-corrected chi connectivity index (χ0v) is 16.1. The Morgan fingerprint density at radius 2 is 1.88 bits per heavy atom. The zero-order chi connectivity index (χ0) is 17.7. The first-order valence-electron chi connectivity index (χ1n) is 8.76. The van der Waals surface area contributed by atoms with Gasteiger partial charge in [0, 0.05) is 23.7 Å². The molecule has 1 aliphatic carbocycles. The van der Waals surface area contributed by atoms with Gasteiger partial charge >= 0.3 is 0 Å². The summed E-state index contributed by atoms with van der Waals surface area (Å²) in [6.45, 7) is 6.16. The maximum absolute atomic E-state index is 12.4. The lowest BCUT2D eigenvalue weighted by molar-refractivity contribution is -0.128. The smallest absolute Gasteiger partial charge is 0.226 e. The van der Waals surface area contributed by atoms with Crippen molar-refractivity contribution in [1.29, 1.82) is 0 Å². The van der Waals surface area contributed by atoms with E-state index in [1.165, 1.54) is 0 Å². The molecule has 0 heterocycles. The predicted octanol–water partition coefficient (Wildman–Crippen LogP) is 3.23. The quantitative estimate of drug-likeness (QED) is 0.747. The standard InChI is InChI=1S/C19H29N3O2.ClH/c1-13(2)17(23)22-15-9-7-14(8-10-15)12-21-18(24)16-6-4-5-11-19(16,3)20;/h7-10,13,16H,4-6,11-12,20H2,1-3H3,(H,21,24)(H,22,23);1H. The maximum atomic E-state index is 12.4. The molecule has 0 bridgehead atoms. The second-order valence-electron chi connectivity index (χ2n) is 7.36. The van der Waals surface area contributed by atoms with Gasteiger partial charge in [0.15, 0.2) is 0 Å². The van der Waals surface area contributed by atoms with E-state index in [0.717, 1.165) is 36.9 Å². The van der Waals surface area contributed by atoms with Gasteiger partial charge in [-0.25, -0.2) is 0 Å². The van der Waals surface area contributed by atoms with Crippen molar-refractivity contribution in [2.24, 2.45) is 17.6 Å². The molecule has 2 atom stereocenters. The van der Waals surface area contributed by atoms with Gasteiger partial charge in [-0.05, 0) is 37.5 Å². The van der Waals surface area contributed by atoms with Crippen LogP contribution in [-0.4, -0.2) is 17.4 Å². The van der Waals surface area contributed by atoms with Crippen molar-refractivity contribution in [3.05, 3.63) is 29.8 Å². The molecule has 0 spiro atoms. The lowest BCUT2D eigenvalue weighted by atomic mass is 9.74. The second kappa shape index (κ2) is 9.20. The first-order chi connectivity index (χ1) is 11.3. The topological polar surface area (TPSA) is 84.2 Å². The van der Waals surface area contributed by atoms with Crippen molar-refractivity contribution in [1.82, 2.24) is 5.32 Å². The van der Waals surface area contributed by atoms with Gasteiger partial charge in [0.2, 0.25) is 11.8 Å². The lowest BCUT2D eigenvalue weighted by Crippen LogP contribution is -2.52. The highest BCUT2D eigenvalue weighted by Gasteiger charge is 2.37. The normalized spacial score (nSPS) is 22.8. The van der Waals surface area contributed by atoms with Gasteiger partial charge in [0.05, 0.1) is 5.92 Å². The molecule has 4 N–H and O–H groups in total.